The van der Waals surface area contributed by atoms with Crippen LogP contribution in [0, 0.1) is 29.1 Å². The monoisotopic (exact) mass is 246 g/mol. The predicted molar refractivity (Wildman–Crippen MR) is 64.6 cm³/mol. The second kappa shape index (κ2) is 3.06. The van der Waals surface area contributed by atoms with E-state index in [9.17, 15) is 9.59 Å². The highest BCUT2D eigenvalue weighted by molar-refractivity contribution is 5.94. The molecule has 4 rings (SSSR count). The molecule has 4 aliphatic rings. The van der Waals surface area contributed by atoms with Crippen LogP contribution in [-0.4, -0.2) is 17.9 Å². The van der Waals surface area contributed by atoms with E-state index in [1.54, 1.807) is 6.92 Å². The van der Waals surface area contributed by atoms with Crippen LogP contribution in [0.15, 0.2) is 12.2 Å². The van der Waals surface area contributed by atoms with Gasteiger partial charge in [0.1, 0.15) is 6.10 Å². The highest BCUT2D eigenvalue weighted by Crippen LogP contribution is 2.74. The largest absolute Gasteiger partial charge is 0.461 e. The van der Waals surface area contributed by atoms with Gasteiger partial charge in [0.15, 0.2) is 5.78 Å². The van der Waals surface area contributed by atoms with Crippen molar-refractivity contribution in [3.63, 3.8) is 0 Å². The lowest BCUT2D eigenvalue weighted by Crippen LogP contribution is -2.27. The first-order valence-corrected chi connectivity index (χ1v) is 6.94. The van der Waals surface area contributed by atoms with E-state index < -0.39 is 0 Å². The van der Waals surface area contributed by atoms with Gasteiger partial charge in [0.2, 0.25) is 0 Å². The van der Waals surface area contributed by atoms with Crippen molar-refractivity contribution in [3.8, 4) is 0 Å². The van der Waals surface area contributed by atoms with Gasteiger partial charge in [-0.15, -0.1) is 0 Å². The maximum atomic E-state index is 12.0. The quantitative estimate of drug-likeness (QED) is 0.566. The Balaban J connectivity index is 1.63. The molecule has 2 bridgehead atoms. The Morgan fingerprint density at radius 2 is 2.28 bits per heavy atom. The lowest BCUT2D eigenvalue weighted by Gasteiger charge is -2.25. The first-order chi connectivity index (χ1) is 8.54. The molecule has 0 aromatic heterocycles. The number of Topliss-reactive ketones (excluding diaryl/α,β-unsaturated/α-hetero) is 1. The van der Waals surface area contributed by atoms with Gasteiger partial charge in [0, 0.05) is 18.3 Å². The second-order valence-corrected chi connectivity index (χ2v) is 6.72. The molecule has 1 aliphatic heterocycles. The van der Waals surface area contributed by atoms with Crippen molar-refractivity contribution in [1.82, 2.24) is 0 Å². The Morgan fingerprint density at radius 1 is 1.50 bits per heavy atom. The Morgan fingerprint density at radius 3 is 3.00 bits per heavy atom. The van der Waals surface area contributed by atoms with E-state index in [0.29, 0.717) is 29.7 Å². The number of hydrogen-bond donors (Lipinski definition) is 0. The molecule has 6 atom stereocenters. The topological polar surface area (TPSA) is 43.4 Å². The van der Waals surface area contributed by atoms with E-state index in [4.69, 9.17) is 4.74 Å². The van der Waals surface area contributed by atoms with Crippen LogP contribution in [0.1, 0.15) is 32.6 Å². The zero-order valence-corrected chi connectivity index (χ0v) is 10.6. The van der Waals surface area contributed by atoms with E-state index in [1.807, 2.05) is 0 Å². The molecular weight excluding hydrogens is 228 g/mol. The van der Waals surface area contributed by atoms with Gasteiger partial charge in [0.05, 0.1) is 5.41 Å². The summed E-state index contributed by atoms with van der Waals surface area (Å²) in [5.41, 5.74) is 0.517. The molecule has 0 aromatic carbocycles. The highest BCUT2D eigenvalue weighted by atomic mass is 16.6. The van der Waals surface area contributed by atoms with Crippen LogP contribution >= 0.6 is 0 Å². The van der Waals surface area contributed by atoms with Crippen molar-refractivity contribution in [3.05, 3.63) is 12.2 Å². The van der Waals surface area contributed by atoms with Crippen LogP contribution in [0.2, 0.25) is 0 Å². The zero-order valence-electron chi connectivity index (χ0n) is 10.6. The van der Waals surface area contributed by atoms with Crippen LogP contribution < -0.4 is 0 Å². The van der Waals surface area contributed by atoms with Gasteiger partial charge < -0.3 is 4.74 Å². The van der Waals surface area contributed by atoms with Gasteiger partial charge in [0.25, 0.3) is 0 Å². The molecule has 0 aromatic rings. The summed E-state index contributed by atoms with van der Waals surface area (Å²) in [6, 6.07) is 0. The average molecular weight is 246 g/mol. The highest BCUT2D eigenvalue weighted by Gasteiger charge is 2.77. The molecule has 1 spiro atoms. The van der Waals surface area contributed by atoms with Crippen molar-refractivity contribution in [2.75, 3.05) is 0 Å². The van der Waals surface area contributed by atoms with Crippen molar-refractivity contribution in [2.24, 2.45) is 29.1 Å². The number of fused-ring (bicyclic) bond motifs is 1. The van der Waals surface area contributed by atoms with Gasteiger partial charge >= 0.3 is 5.97 Å². The molecule has 6 unspecified atom stereocenters. The standard InChI is InChI=1S/C15H18O3/c1-7(2)12(16)5-10-8-3-9-6-15(9)11(4-8)13(10)18-14(15)17/h8-11,13H,1,3-6H2,2H3. The molecular formula is C15H18O3. The Labute approximate surface area is 107 Å². The third-order valence-corrected chi connectivity index (χ3v) is 5.90. The van der Waals surface area contributed by atoms with E-state index in [-0.39, 0.29) is 29.2 Å². The third-order valence-electron chi connectivity index (χ3n) is 5.90. The number of esters is 1. The molecule has 0 radical (unpaired) electrons. The minimum Gasteiger partial charge on any atom is -0.461 e. The van der Waals surface area contributed by atoms with Crippen molar-refractivity contribution >= 4 is 11.8 Å². The van der Waals surface area contributed by atoms with E-state index in [1.165, 1.54) is 0 Å². The summed E-state index contributed by atoms with van der Waals surface area (Å²) in [5, 5.41) is 0. The fraction of sp³-hybridized carbons (Fsp3) is 0.733. The number of hydrogen-bond acceptors (Lipinski definition) is 3. The minimum absolute atomic E-state index is 0.0262. The SMILES string of the molecule is C=C(C)C(=O)CC1C2CC3CC34C(=O)OC1C4C2. The van der Waals surface area contributed by atoms with Crippen molar-refractivity contribution in [1.29, 1.82) is 0 Å². The molecule has 1 heterocycles. The van der Waals surface area contributed by atoms with Crippen molar-refractivity contribution < 1.29 is 14.3 Å². The summed E-state index contributed by atoms with van der Waals surface area (Å²) in [6.07, 6.45) is 3.83. The summed E-state index contributed by atoms with van der Waals surface area (Å²) in [4.78, 5) is 23.9. The van der Waals surface area contributed by atoms with Crippen LogP contribution in [0.25, 0.3) is 0 Å². The maximum Gasteiger partial charge on any atom is 0.313 e. The summed E-state index contributed by atoms with van der Waals surface area (Å²) >= 11 is 0. The van der Waals surface area contributed by atoms with E-state index >= 15 is 0 Å². The number of allylic oxidation sites excluding steroid dienone is 1. The molecule has 3 nitrogen and oxygen atoms in total. The van der Waals surface area contributed by atoms with Crippen LogP contribution in [0.5, 0.6) is 0 Å². The van der Waals surface area contributed by atoms with Gasteiger partial charge in [-0.1, -0.05) is 6.58 Å². The van der Waals surface area contributed by atoms with Crippen LogP contribution in [0.4, 0.5) is 0 Å². The third kappa shape index (κ3) is 1.07. The van der Waals surface area contributed by atoms with E-state index in [0.717, 1.165) is 19.3 Å². The first-order valence-electron chi connectivity index (χ1n) is 6.94. The maximum absolute atomic E-state index is 12.0. The van der Waals surface area contributed by atoms with E-state index in [2.05, 4.69) is 6.58 Å². The Hall–Kier alpha value is -1.12. The predicted octanol–water partition coefficient (Wildman–Crippen LogP) is 2.11. The summed E-state index contributed by atoms with van der Waals surface area (Å²) in [5.74, 6) is 2.00. The molecule has 3 heteroatoms. The average Bonchev–Trinajstić information content (AvgIpc) is 2.91. The number of ketones is 1. The molecule has 18 heavy (non-hydrogen) atoms. The van der Waals surface area contributed by atoms with Crippen molar-refractivity contribution in [2.45, 2.75) is 38.7 Å². The number of rotatable bonds is 3. The molecule has 3 aliphatic carbocycles. The lowest BCUT2D eigenvalue weighted by atomic mass is 9.79. The lowest BCUT2D eigenvalue weighted by molar-refractivity contribution is -0.149. The smallest absolute Gasteiger partial charge is 0.313 e. The number of carbonyl (C=O) groups excluding carboxylic acids is 2. The molecule has 1 saturated heterocycles. The van der Waals surface area contributed by atoms with Crippen LogP contribution in [-0.2, 0) is 14.3 Å². The summed E-state index contributed by atoms with van der Waals surface area (Å²) < 4.78 is 5.64. The summed E-state index contributed by atoms with van der Waals surface area (Å²) in [6.45, 7) is 5.49. The molecule has 0 N–H and O–H groups in total. The van der Waals surface area contributed by atoms with Gasteiger partial charge in [-0.25, -0.2) is 0 Å². The molecule has 0 amide bonds. The fourth-order valence-electron chi connectivity index (χ4n) is 4.91. The minimum atomic E-state index is -0.109. The first kappa shape index (κ1) is 10.8. The van der Waals surface area contributed by atoms with Gasteiger partial charge in [-0.2, -0.15) is 0 Å². The molecule has 3 saturated carbocycles. The zero-order chi connectivity index (χ0) is 12.7. The summed E-state index contributed by atoms with van der Waals surface area (Å²) in [7, 11) is 0. The van der Waals surface area contributed by atoms with Gasteiger partial charge in [-0.05, 0) is 43.6 Å². The fourth-order valence-corrected chi connectivity index (χ4v) is 4.91. The Bertz CT molecular complexity index is 480. The number of carbonyl (C=O) groups is 2. The van der Waals surface area contributed by atoms with Gasteiger partial charge in [-0.3, -0.25) is 9.59 Å². The second-order valence-electron chi connectivity index (χ2n) is 6.72. The normalized spacial score (nSPS) is 50.7. The molecule has 96 valence electrons. The molecule has 4 fully saturated rings. The number of ether oxygens (including phenoxy) is 1. The Kier molecular flexibility index (Phi) is 1.83. The van der Waals surface area contributed by atoms with Crippen LogP contribution in [0.3, 0.4) is 0 Å².